The smallest absolute Gasteiger partial charge is 0.338 e. The van der Waals surface area contributed by atoms with E-state index in [1.54, 1.807) is 31.2 Å². The number of imide groups is 1. The monoisotopic (exact) mass is 411 g/mol. The molecule has 2 aromatic rings. The molecule has 3 rings (SSSR count). The molecule has 3 amide bonds. The molecule has 1 atom stereocenters. The third-order valence-electron chi connectivity index (χ3n) is 4.50. The van der Waals surface area contributed by atoms with Crippen LogP contribution in [0.15, 0.2) is 48.5 Å². The molecule has 1 aliphatic rings. The van der Waals surface area contributed by atoms with Crippen LogP contribution < -0.4 is 20.5 Å². The summed E-state index contributed by atoms with van der Waals surface area (Å²) >= 11 is 0. The summed E-state index contributed by atoms with van der Waals surface area (Å²) < 4.78 is 9.95. The van der Waals surface area contributed by atoms with Crippen molar-refractivity contribution in [1.29, 1.82) is 0 Å². The molecular formula is C21H21N3O6. The van der Waals surface area contributed by atoms with Crippen LogP contribution in [0.2, 0.25) is 0 Å². The van der Waals surface area contributed by atoms with Gasteiger partial charge in [0.25, 0.3) is 11.8 Å². The van der Waals surface area contributed by atoms with Gasteiger partial charge in [0.2, 0.25) is 5.91 Å². The summed E-state index contributed by atoms with van der Waals surface area (Å²) in [6.07, 6.45) is -0.110. The van der Waals surface area contributed by atoms with Crippen LogP contribution in [0.5, 0.6) is 5.75 Å². The van der Waals surface area contributed by atoms with Gasteiger partial charge in [-0.2, -0.15) is 0 Å². The molecular weight excluding hydrogens is 390 g/mol. The Balaban J connectivity index is 1.62. The first-order valence-corrected chi connectivity index (χ1v) is 9.28. The van der Waals surface area contributed by atoms with Crippen LogP contribution in [0, 0.1) is 0 Å². The summed E-state index contributed by atoms with van der Waals surface area (Å²) in [6, 6.07) is 11.5. The van der Waals surface area contributed by atoms with Crippen LogP contribution in [-0.4, -0.2) is 43.4 Å². The van der Waals surface area contributed by atoms with Crippen LogP contribution in [0.1, 0.15) is 34.1 Å². The molecule has 156 valence electrons. The Morgan fingerprint density at radius 3 is 2.27 bits per heavy atom. The molecule has 0 aliphatic carbocycles. The first kappa shape index (κ1) is 21.0. The highest BCUT2D eigenvalue weighted by molar-refractivity contribution is 6.22. The maximum Gasteiger partial charge on any atom is 0.338 e. The predicted octanol–water partition coefficient (Wildman–Crippen LogP) is 1.44. The Morgan fingerprint density at radius 1 is 1.03 bits per heavy atom. The summed E-state index contributed by atoms with van der Waals surface area (Å²) in [7, 11) is 1.52. The van der Waals surface area contributed by atoms with Gasteiger partial charge in [-0.25, -0.2) is 15.1 Å². The second-order valence-electron chi connectivity index (χ2n) is 6.42. The molecule has 0 bridgehead atoms. The fourth-order valence-corrected chi connectivity index (χ4v) is 2.94. The van der Waals surface area contributed by atoms with Gasteiger partial charge in [0.15, 0.2) is 0 Å². The first-order chi connectivity index (χ1) is 14.4. The quantitative estimate of drug-likeness (QED) is 0.403. The molecule has 1 fully saturated rings. The molecule has 30 heavy (non-hydrogen) atoms. The third kappa shape index (κ3) is 4.47. The van der Waals surface area contributed by atoms with E-state index in [0.29, 0.717) is 22.6 Å². The number of carbonyl (C=O) groups is 4. The van der Waals surface area contributed by atoms with E-state index in [2.05, 4.69) is 10.9 Å². The maximum absolute atomic E-state index is 12.7. The fourth-order valence-electron chi connectivity index (χ4n) is 2.94. The molecule has 2 aromatic carbocycles. The summed E-state index contributed by atoms with van der Waals surface area (Å²) in [6.45, 7) is 1.95. The highest BCUT2D eigenvalue weighted by Gasteiger charge is 2.39. The molecule has 9 heteroatoms. The second-order valence-corrected chi connectivity index (χ2v) is 6.42. The van der Waals surface area contributed by atoms with Crippen molar-refractivity contribution in [1.82, 2.24) is 10.9 Å². The lowest BCUT2D eigenvalue weighted by atomic mass is 10.2. The Morgan fingerprint density at radius 2 is 1.67 bits per heavy atom. The van der Waals surface area contributed by atoms with Gasteiger partial charge in [0.05, 0.1) is 31.4 Å². The summed E-state index contributed by atoms with van der Waals surface area (Å²) in [4.78, 5) is 50.0. The lowest BCUT2D eigenvalue weighted by Gasteiger charge is -2.16. The SMILES string of the molecule is CCOC(=O)c1ccc(N2C(=O)C[C@H](NNC(=O)c3ccc(OC)cc3)C2=O)cc1. The highest BCUT2D eigenvalue weighted by Crippen LogP contribution is 2.23. The normalized spacial score (nSPS) is 15.8. The number of carbonyl (C=O) groups excluding carboxylic acids is 4. The number of benzene rings is 2. The van der Waals surface area contributed by atoms with Gasteiger partial charge in [-0.05, 0) is 55.5 Å². The largest absolute Gasteiger partial charge is 0.497 e. The molecule has 0 radical (unpaired) electrons. The average Bonchev–Trinajstić information content (AvgIpc) is 3.05. The van der Waals surface area contributed by atoms with Gasteiger partial charge in [-0.3, -0.25) is 19.8 Å². The Hall–Kier alpha value is -3.72. The topological polar surface area (TPSA) is 114 Å². The number of methoxy groups -OCH3 is 1. The van der Waals surface area contributed by atoms with Crippen LogP contribution in [-0.2, 0) is 14.3 Å². The maximum atomic E-state index is 12.7. The minimum atomic E-state index is -0.899. The molecule has 1 heterocycles. The lowest BCUT2D eigenvalue weighted by Crippen LogP contribution is -2.48. The zero-order chi connectivity index (χ0) is 21.7. The second kappa shape index (κ2) is 9.19. The number of nitrogens with one attached hydrogen (secondary N) is 2. The number of nitrogens with zero attached hydrogens (tertiary/aromatic N) is 1. The number of anilines is 1. The summed E-state index contributed by atoms with van der Waals surface area (Å²) in [5, 5.41) is 0. The van der Waals surface area contributed by atoms with Gasteiger partial charge in [0.1, 0.15) is 11.8 Å². The van der Waals surface area contributed by atoms with Crippen molar-refractivity contribution in [3.05, 3.63) is 59.7 Å². The van der Waals surface area contributed by atoms with Crippen LogP contribution >= 0.6 is 0 Å². The first-order valence-electron chi connectivity index (χ1n) is 9.28. The van der Waals surface area contributed by atoms with Gasteiger partial charge < -0.3 is 9.47 Å². The van der Waals surface area contributed by atoms with Crippen LogP contribution in [0.4, 0.5) is 5.69 Å². The van der Waals surface area contributed by atoms with E-state index in [0.717, 1.165) is 4.90 Å². The van der Waals surface area contributed by atoms with Crippen molar-refractivity contribution in [2.75, 3.05) is 18.6 Å². The van der Waals surface area contributed by atoms with Crippen LogP contribution in [0.3, 0.4) is 0 Å². The lowest BCUT2D eigenvalue weighted by molar-refractivity contribution is -0.121. The van der Waals surface area contributed by atoms with Crippen molar-refractivity contribution < 1.29 is 28.7 Å². The zero-order valence-electron chi connectivity index (χ0n) is 16.5. The van der Waals surface area contributed by atoms with Gasteiger partial charge in [0, 0.05) is 5.56 Å². The molecule has 9 nitrogen and oxygen atoms in total. The molecule has 0 spiro atoms. The Bertz CT molecular complexity index is 956. The highest BCUT2D eigenvalue weighted by atomic mass is 16.5. The Labute approximate surface area is 172 Å². The molecule has 0 unspecified atom stereocenters. The number of hydrogen-bond donors (Lipinski definition) is 2. The Kier molecular flexibility index (Phi) is 6.43. The van der Waals surface area contributed by atoms with Crippen molar-refractivity contribution in [2.24, 2.45) is 0 Å². The number of esters is 1. The van der Waals surface area contributed by atoms with Gasteiger partial charge in [-0.15, -0.1) is 0 Å². The van der Waals surface area contributed by atoms with Gasteiger partial charge >= 0.3 is 5.97 Å². The molecule has 1 saturated heterocycles. The minimum absolute atomic E-state index is 0.110. The van der Waals surface area contributed by atoms with Crippen molar-refractivity contribution in [3.63, 3.8) is 0 Å². The fraction of sp³-hybridized carbons (Fsp3) is 0.238. The van der Waals surface area contributed by atoms with Gasteiger partial charge in [-0.1, -0.05) is 0 Å². The molecule has 2 N–H and O–H groups in total. The van der Waals surface area contributed by atoms with Crippen molar-refractivity contribution >= 4 is 29.4 Å². The number of rotatable bonds is 7. The minimum Gasteiger partial charge on any atom is -0.497 e. The van der Waals surface area contributed by atoms with Crippen molar-refractivity contribution in [3.8, 4) is 5.75 Å². The van der Waals surface area contributed by atoms with Crippen molar-refractivity contribution in [2.45, 2.75) is 19.4 Å². The third-order valence-corrected chi connectivity index (χ3v) is 4.50. The van der Waals surface area contributed by atoms with E-state index in [9.17, 15) is 19.2 Å². The van der Waals surface area contributed by atoms with E-state index >= 15 is 0 Å². The molecule has 0 saturated carbocycles. The number of ether oxygens (including phenoxy) is 2. The predicted molar refractivity (Wildman–Crippen MR) is 107 cm³/mol. The molecule has 1 aliphatic heterocycles. The molecule has 0 aromatic heterocycles. The van der Waals surface area contributed by atoms with E-state index in [4.69, 9.17) is 9.47 Å². The number of amides is 3. The van der Waals surface area contributed by atoms with E-state index in [1.165, 1.54) is 31.4 Å². The number of hydrogen-bond acceptors (Lipinski definition) is 7. The zero-order valence-corrected chi connectivity index (χ0v) is 16.5. The average molecular weight is 411 g/mol. The van der Waals surface area contributed by atoms with E-state index < -0.39 is 29.7 Å². The van der Waals surface area contributed by atoms with E-state index in [1.807, 2.05) is 0 Å². The number of hydrazine groups is 1. The standard InChI is InChI=1S/C21H21N3O6/c1-3-30-21(28)14-4-8-15(9-5-14)24-18(25)12-17(20(24)27)22-23-19(26)13-6-10-16(29-2)11-7-13/h4-11,17,22H,3,12H2,1-2H3,(H,23,26)/t17-/m0/s1. The summed E-state index contributed by atoms with van der Waals surface area (Å²) in [5.74, 6) is -1.24. The van der Waals surface area contributed by atoms with E-state index in [-0.39, 0.29) is 13.0 Å². The summed E-state index contributed by atoms with van der Waals surface area (Å²) in [5.41, 5.74) is 6.09. The van der Waals surface area contributed by atoms with Crippen LogP contribution in [0.25, 0.3) is 0 Å².